The van der Waals surface area contributed by atoms with Gasteiger partial charge in [-0.05, 0) is 55.7 Å². The number of aryl methyl sites for hydroxylation is 1. The number of nitrogens with one attached hydrogen (secondary N) is 1. The third-order valence-electron chi connectivity index (χ3n) is 5.25. The van der Waals surface area contributed by atoms with Crippen LogP contribution < -0.4 is 5.32 Å². The molecular formula is C19H21FN4O. The predicted octanol–water partition coefficient (Wildman–Crippen LogP) is 3.85. The lowest BCUT2D eigenvalue weighted by molar-refractivity contribution is 0.212. The Morgan fingerprint density at radius 1 is 1.20 bits per heavy atom. The highest BCUT2D eigenvalue weighted by Gasteiger charge is 2.39. The first-order chi connectivity index (χ1) is 12.1. The van der Waals surface area contributed by atoms with E-state index in [1.54, 1.807) is 0 Å². The number of carbonyl (C=O) groups is 1. The Balaban J connectivity index is 1.49. The number of nitrogens with zero attached hydrogens (tertiary/aromatic N) is 3. The van der Waals surface area contributed by atoms with Crippen LogP contribution in [0.15, 0.2) is 30.6 Å². The number of rotatable bonds is 2. The van der Waals surface area contributed by atoms with E-state index in [2.05, 4.69) is 15.3 Å². The van der Waals surface area contributed by atoms with Crippen molar-refractivity contribution in [2.45, 2.75) is 26.2 Å². The molecule has 6 heteroatoms. The third kappa shape index (κ3) is 3.48. The number of hydrogen-bond donors (Lipinski definition) is 1. The first-order valence-corrected chi connectivity index (χ1v) is 8.74. The molecule has 2 unspecified atom stereocenters. The summed E-state index contributed by atoms with van der Waals surface area (Å²) < 4.78 is 13.0. The zero-order valence-electron chi connectivity index (χ0n) is 14.2. The van der Waals surface area contributed by atoms with Crippen LogP contribution in [0.25, 0.3) is 11.4 Å². The maximum absolute atomic E-state index is 13.0. The predicted molar refractivity (Wildman–Crippen MR) is 93.6 cm³/mol. The fourth-order valence-corrected chi connectivity index (χ4v) is 3.57. The first-order valence-electron chi connectivity index (χ1n) is 8.74. The van der Waals surface area contributed by atoms with E-state index in [1.165, 1.54) is 6.42 Å². The summed E-state index contributed by atoms with van der Waals surface area (Å²) >= 11 is 0. The van der Waals surface area contributed by atoms with Gasteiger partial charge in [-0.25, -0.2) is 19.2 Å². The van der Waals surface area contributed by atoms with E-state index in [1.807, 2.05) is 30.0 Å². The van der Waals surface area contributed by atoms with Gasteiger partial charge in [0.2, 0.25) is 0 Å². The van der Waals surface area contributed by atoms with Crippen molar-refractivity contribution in [3.8, 4) is 11.4 Å². The second-order valence-corrected chi connectivity index (χ2v) is 7.01. The fraction of sp³-hybridized carbons (Fsp3) is 0.421. The molecule has 0 spiro atoms. The van der Waals surface area contributed by atoms with E-state index in [9.17, 15) is 9.18 Å². The van der Waals surface area contributed by atoms with E-state index >= 15 is 0 Å². The molecule has 2 aromatic rings. The largest absolute Gasteiger partial charge is 0.325 e. The SMILES string of the molecule is Cc1ccc(NC(=O)N2CCC3CC3CC2)cc1-c1ncc(F)cn1. The molecule has 2 aliphatic rings. The molecule has 1 N–H and O–H groups in total. The number of fused-ring (bicyclic) bond motifs is 1. The van der Waals surface area contributed by atoms with Gasteiger partial charge in [0, 0.05) is 24.3 Å². The summed E-state index contributed by atoms with van der Waals surface area (Å²) in [5.74, 6) is 1.65. The topological polar surface area (TPSA) is 58.1 Å². The Hall–Kier alpha value is -2.50. The van der Waals surface area contributed by atoms with Gasteiger partial charge in [0.05, 0.1) is 12.4 Å². The van der Waals surface area contributed by atoms with Crippen molar-refractivity contribution in [2.75, 3.05) is 18.4 Å². The first kappa shape index (κ1) is 16.0. The van der Waals surface area contributed by atoms with E-state index in [0.29, 0.717) is 11.5 Å². The number of urea groups is 1. The number of carbonyl (C=O) groups excluding carboxylic acids is 1. The van der Waals surface area contributed by atoms with Gasteiger partial charge in [-0.3, -0.25) is 0 Å². The van der Waals surface area contributed by atoms with Crippen molar-refractivity contribution >= 4 is 11.7 Å². The van der Waals surface area contributed by atoms with Crippen LogP contribution in [-0.4, -0.2) is 34.0 Å². The molecule has 2 fully saturated rings. The molecule has 130 valence electrons. The van der Waals surface area contributed by atoms with Crippen LogP contribution in [0, 0.1) is 24.6 Å². The van der Waals surface area contributed by atoms with Gasteiger partial charge in [-0.15, -0.1) is 0 Å². The van der Waals surface area contributed by atoms with Crippen molar-refractivity contribution in [3.05, 3.63) is 42.0 Å². The Morgan fingerprint density at radius 3 is 2.56 bits per heavy atom. The lowest BCUT2D eigenvalue weighted by Gasteiger charge is -2.22. The maximum atomic E-state index is 13.0. The lowest BCUT2D eigenvalue weighted by atomic mass is 10.1. The van der Waals surface area contributed by atoms with Gasteiger partial charge in [0.15, 0.2) is 11.6 Å². The van der Waals surface area contributed by atoms with E-state index in [-0.39, 0.29) is 6.03 Å². The number of anilines is 1. The highest BCUT2D eigenvalue weighted by Crippen LogP contribution is 2.45. The summed E-state index contributed by atoms with van der Waals surface area (Å²) in [6, 6.07) is 5.57. The monoisotopic (exact) mass is 340 g/mol. The quantitative estimate of drug-likeness (QED) is 0.903. The number of halogens is 1. The highest BCUT2D eigenvalue weighted by molar-refractivity contribution is 5.90. The van der Waals surface area contributed by atoms with E-state index in [0.717, 1.165) is 61.3 Å². The molecule has 2 heterocycles. The molecule has 0 bridgehead atoms. The third-order valence-corrected chi connectivity index (χ3v) is 5.25. The van der Waals surface area contributed by atoms with Crippen LogP contribution in [-0.2, 0) is 0 Å². The van der Waals surface area contributed by atoms with Crippen molar-refractivity contribution < 1.29 is 9.18 Å². The van der Waals surface area contributed by atoms with Crippen molar-refractivity contribution in [2.24, 2.45) is 11.8 Å². The molecule has 2 amide bonds. The Kier molecular flexibility index (Phi) is 4.11. The van der Waals surface area contributed by atoms with E-state index in [4.69, 9.17) is 0 Å². The minimum atomic E-state index is -0.468. The van der Waals surface area contributed by atoms with Crippen LogP contribution in [0.1, 0.15) is 24.8 Å². The molecule has 1 aliphatic heterocycles. The maximum Gasteiger partial charge on any atom is 0.321 e. The average Bonchev–Trinajstić information content (AvgIpc) is 3.36. The van der Waals surface area contributed by atoms with Crippen LogP contribution in [0.3, 0.4) is 0 Å². The summed E-state index contributed by atoms with van der Waals surface area (Å²) in [6.45, 7) is 3.59. The molecule has 1 saturated heterocycles. The summed E-state index contributed by atoms with van der Waals surface area (Å²) in [6.07, 6.45) is 5.86. The van der Waals surface area contributed by atoms with Gasteiger partial charge >= 0.3 is 6.03 Å². The smallest absolute Gasteiger partial charge is 0.321 e. The number of benzene rings is 1. The molecule has 2 atom stereocenters. The summed E-state index contributed by atoms with van der Waals surface area (Å²) in [5.41, 5.74) is 2.46. The molecule has 1 aliphatic carbocycles. The Bertz CT molecular complexity index is 781. The minimum absolute atomic E-state index is 0.0591. The van der Waals surface area contributed by atoms with Crippen LogP contribution in [0.2, 0.25) is 0 Å². The van der Waals surface area contributed by atoms with Crippen molar-refractivity contribution in [1.29, 1.82) is 0 Å². The molecule has 1 saturated carbocycles. The number of likely N-dealkylation sites (tertiary alicyclic amines) is 1. The normalized spacial score (nSPS) is 22.1. The van der Waals surface area contributed by atoms with Crippen LogP contribution in [0.5, 0.6) is 0 Å². The van der Waals surface area contributed by atoms with Gasteiger partial charge < -0.3 is 10.2 Å². The van der Waals surface area contributed by atoms with Crippen molar-refractivity contribution in [1.82, 2.24) is 14.9 Å². The standard InChI is InChI=1S/C19H21FN4O/c1-12-2-3-16(9-17(12)18-21-10-15(20)11-22-18)23-19(25)24-6-4-13-8-14(13)5-7-24/h2-3,9-11,13-14H,4-8H2,1H3,(H,23,25). The second-order valence-electron chi connectivity index (χ2n) is 7.01. The Labute approximate surface area is 146 Å². The summed E-state index contributed by atoms with van der Waals surface area (Å²) in [5, 5.41) is 2.98. The second kappa shape index (κ2) is 6.43. The molecular weight excluding hydrogens is 319 g/mol. The molecule has 1 aromatic heterocycles. The van der Waals surface area contributed by atoms with Crippen LogP contribution >= 0.6 is 0 Å². The fourth-order valence-electron chi connectivity index (χ4n) is 3.57. The van der Waals surface area contributed by atoms with Crippen molar-refractivity contribution in [3.63, 3.8) is 0 Å². The zero-order valence-corrected chi connectivity index (χ0v) is 14.2. The Morgan fingerprint density at radius 2 is 1.88 bits per heavy atom. The summed E-state index contributed by atoms with van der Waals surface area (Å²) in [4.78, 5) is 22.5. The van der Waals surface area contributed by atoms with Gasteiger partial charge in [-0.2, -0.15) is 0 Å². The molecule has 1 aromatic carbocycles. The average molecular weight is 340 g/mol. The van der Waals surface area contributed by atoms with Crippen LogP contribution in [0.4, 0.5) is 14.9 Å². The number of aromatic nitrogens is 2. The molecule has 5 nitrogen and oxygen atoms in total. The lowest BCUT2D eigenvalue weighted by Crippen LogP contribution is -2.36. The van der Waals surface area contributed by atoms with E-state index < -0.39 is 5.82 Å². The molecule has 25 heavy (non-hydrogen) atoms. The summed E-state index contributed by atoms with van der Waals surface area (Å²) in [7, 11) is 0. The number of amides is 2. The molecule has 4 rings (SSSR count). The van der Waals surface area contributed by atoms with Gasteiger partial charge in [0.25, 0.3) is 0 Å². The zero-order chi connectivity index (χ0) is 17.4. The van der Waals surface area contributed by atoms with Gasteiger partial charge in [0.1, 0.15) is 0 Å². The van der Waals surface area contributed by atoms with Gasteiger partial charge in [-0.1, -0.05) is 6.07 Å². The highest BCUT2D eigenvalue weighted by atomic mass is 19.1. The molecule has 0 radical (unpaired) electrons. The minimum Gasteiger partial charge on any atom is -0.325 e. The number of hydrogen-bond acceptors (Lipinski definition) is 3.